The molecule has 0 aliphatic carbocycles. The first-order chi connectivity index (χ1) is 10.2. The molecule has 0 aliphatic heterocycles. The first kappa shape index (κ1) is 16.4. The number of methoxy groups -OCH3 is 1. The number of benzene rings is 2. The second-order valence-corrected chi connectivity index (χ2v) is 6.71. The second kappa shape index (κ2) is 8.47. The molecule has 4 heteroatoms. The largest absolute Gasteiger partial charge is 0.497 e. The van der Waals surface area contributed by atoms with Gasteiger partial charge in [-0.25, -0.2) is 0 Å². The van der Waals surface area contributed by atoms with Gasteiger partial charge >= 0.3 is 0 Å². The van der Waals surface area contributed by atoms with Crippen molar-refractivity contribution in [2.75, 3.05) is 13.7 Å². The highest BCUT2D eigenvalue weighted by Crippen LogP contribution is 2.32. The first-order valence-corrected chi connectivity index (χ1v) is 8.65. The number of hydrogen-bond donors (Lipinski definition) is 1. The summed E-state index contributed by atoms with van der Waals surface area (Å²) in [4.78, 5) is 2.40. The summed E-state index contributed by atoms with van der Waals surface area (Å²) in [6, 6.07) is 14.6. The van der Waals surface area contributed by atoms with Gasteiger partial charge < -0.3 is 10.1 Å². The maximum absolute atomic E-state index is 5.26. The lowest BCUT2D eigenvalue weighted by molar-refractivity contribution is 0.413. The zero-order valence-electron chi connectivity index (χ0n) is 12.4. The van der Waals surface area contributed by atoms with Crippen molar-refractivity contribution in [1.82, 2.24) is 5.32 Å². The third-order valence-corrected chi connectivity index (χ3v) is 4.76. The van der Waals surface area contributed by atoms with Crippen LogP contribution >= 0.6 is 27.7 Å². The van der Waals surface area contributed by atoms with Gasteiger partial charge in [-0.05, 0) is 48.9 Å². The van der Waals surface area contributed by atoms with Crippen LogP contribution in [0.25, 0.3) is 0 Å². The lowest BCUT2D eigenvalue weighted by atomic mass is 10.2. The minimum absolute atomic E-state index is 0.888. The molecule has 0 aliphatic rings. The average molecular weight is 366 g/mol. The summed E-state index contributed by atoms with van der Waals surface area (Å²) in [5.74, 6) is 0.888. The molecule has 0 saturated carbocycles. The normalized spacial score (nSPS) is 10.6. The van der Waals surface area contributed by atoms with Crippen LogP contribution in [0.2, 0.25) is 0 Å². The molecule has 0 bridgehead atoms. The van der Waals surface area contributed by atoms with Crippen LogP contribution in [0.3, 0.4) is 0 Å². The van der Waals surface area contributed by atoms with Gasteiger partial charge in [-0.1, -0.05) is 46.7 Å². The van der Waals surface area contributed by atoms with E-state index in [0.29, 0.717) is 0 Å². The molecule has 2 nitrogen and oxygen atoms in total. The van der Waals surface area contributed by atoms with Crippen LogP contribution < -0.4 is 10.1 Å². The topological polar surface area (TPSA) is 21.3 Å². The lowest BCUT2D eigenvalue weighted by Gasteiger charge is -2.09. The summed E-state index contributed by atoms with van der Waals surface area (Å²) < 4.78 is 6.41. The van der Waals surface area contributed by atoms with E-state index in [1.807, 2.05) is 12.1 Å². The molecule has 2 aromatic carbocycles. The predicted octanol–water partition coefficient (Wildman–Crippen LogP) is 5.11. The van der Waals surface area contributed by atoms with E-state index < -0.39 is 0 Å². The van der Waals surface area contributed by atoms with Crippen LogP contribution in [-0.4, -0.2) is 13.7 Å². The standard InChI is InChI=1S/C17H20BrNOS/c1-3-9-19-12-13-7-8-16(11-17(13)18)21-15-6-4-5-14(10-15)20-2/h4-8,10-11,19H,3,9,12H2,1-2H3. The summed E-state index contributed by atoms with van der Waals surface area (Å²) in [5.41, 5.74) is 1.29. The molecule has 112 valence electrons. The molecule has 0 aromatic heterocycles. The minimum atomic E-state index is 0.888. The quantitative estimate of drug-likeness (QED) is 0.688. The highest BCUT2D eigenvalue weighted by Gasteiger charge is 2.04. The predicted molar refractivity (Wildman–Crippen MR) is 93.3 cm³/mol. The van der Waals surface area contributed by atoms with Crippen LogP contribution in [0, 0.1) is 0 Å². The molecule has 0 unspecified atom stereocenters. The average Bonchev–Trinajstić information content (AvgIpc) is 2.50. The molecule has 2 aromatic rings. The van der Waals surface area contributed by atoms with Crippen molar-refractivity contribution in [2.45, 2.75) is 29.7 Å². The van der Waals surface area contributed by atoms with Gasteiger partial charge in [0.15, 0.2) is 0 Å². The van der Waals surface area contributed by atoms with Crippen molar-refractivity contribution in [3.63, 3.8) is 0 Å². The Balaban J connectivity index is 2.05. The van der Waals surface area contributed by atoms with Crippen LogP contribution in [-0.2, 0) is 6.54 Å². The summed E-state index contributed by atoms with van der Waals surface area (Å²) in [6.07, 6.45) is 1.15. The molecule has 0 spiro atoms. The van der Waals surface area contributed by atoms with E-state index >= 15 is 0 Å². The third kappa shape index (κ3) is 5.06. The number of ether oxygens (including phenoxy) is 1. The Hall–Kier alpha value is -0.970. The van der Waals surface area contributed by atoms with Crippen LogP contribution in [0.4, 0.5) is 0 Å². The molecule has 1 N–H and O–H groups in total. The van der Waals surface area contributed by atoms with E-state index in [-0.39, 0.29) is 0 Å². The molecule has 0 atom stereocenters. The SMILES string of the molecule is CCCNCc1ccc(Sc2cccc(OC)c2)cc1Br. The summed E-state index contributed by atoms with van der Waals surface area (Å²) in [7, 11) is 1.69. The van der Waals surface area contributed by atoms with Crippen LogP contribution in [0.5, 0.6) is 5.75 Å². The lowest BCUT2D eigenvalue weighted by Crippen LogP contribution is -2.14. The molecule has 2 rings (SSSR count). The fraction of sp³-hybridized carbons (Fsp3) is 0.294. The Labute approximate surface area is 139 Å². The van der Waals surface area contributed by atoms with Crippen molar-refractivity contribution in [3.05, 3.63) is 52.5 Å². The molecule has 0 saturated heterocycles. The number of nitrogens with one attached hydrogen (secondary N) is 1. The van der Waals surface area contributed by atoms with E-state index in [1.54, 1.807) is 18.9 Å². The molecular weight excluding hydrogens is 346 g/mol. The van der Waals surface area contributed by atoms with Crippen LogP contribution in [0.15, 0.2) is 56.7 Å². The van der Waals surface area contributed by atoms with Gasteiger partial charge in [0.05, 0.1) is 7.11 Å². The first-order valence-electron chi connectivity index (χ1n) is 7.04. The van der Waals surface area contributed by atoms with Gasteiger partial charge in [-0.2, -0.15) is 0 Å². The molecule has 21 heavy (non-hydrogen) atoms. The van der Waals surface area contributed by atoms with E-state index in [2.05, 4.69) is 58.5 Å². The fourth-order valence-corrected chi connectivity index (χ4v) is 3.51. The maximum Gasteiger partial charge on any atom is 0.119 e. The third-order valence-electron chi connectivity index (χ3n) is 3.04. The Kier molecular flexibility index (Phi) is 6.61. The number of rotatable bonds is 7. The van der Waals surface area contributed by atoms with Crippen molar-refractivity contribution < 1.29 is 4.74 Å². The number of hydrogen-bond acceptors (Lipinski definition) is 3. The number of halogens is 1. The van der Waals surface area contributed by atoms with Crippen molar-refractivity contribution in [2.24, 2.45) is 0 Å². The highest BCUT2D eigenvalue weighted by atomic mass is 79.9. The van der Waals surface area contributed by atoms with Gasteiger partial charge in [0, 0.05) is 20.8 Å². The summed E-state index contributed by atoms with van der Waals surface area (Å²) in [6.45, 7) is 4.13. The van der Waals surface area contributed by atoms with Gasteiger partial charge in [-0.15, -0.1) is 0 Å². The van der Waals surface area contributed by atoms with Gasteiger partial charge in [-0.3, -0.25) is 0 Å². The molecule has 0 heterocycles. The zero-order chi connectivity index (χ0) is 15.1. The van der Waals surface area contributed by atoms with Gasteiger partial charge in [0.2, 0.25) is 0 Å². The Bertz CT molecular complexity index is 589. The van der Waals surface area contributed by atoms with Crippen molar-refractivity contribution >= 4 is 27.7 Å². The highest BCUT2D eigenvalue weighted by molar-refractivity contribution is 9.10. The Morgan fingerprint density at radius 2 is 1.95 bits per heavy atom. The second-order valence-electron chi connectivity index (χ2n) is 4.71. The molecule has 0 fully saturated rings. The van der Waals surface area contributed by atoms with E-state index in [9.17, 15) is 0 Å². The fourth-order valence-electron chi connectivity index (χ4n) is 1.94. The maximum atomic E-state index is 5.26. The van der Waals surface area contributed by atoms with E-state index in [1.165, 1.54) is 15.4 Å². The Morgan fingerprint density at radius 3 is 2.67 bits per heavy atom. The van der Waals surface area contributed by atoms with E-state index in [4.69, 9.17) is 4.74 Å². The van der Waals surface area contributed by atoms with Crippen molar-refractivity contribution in [1.29, 1.82) is 0 Å². The summed E-state index contributed by atoms with van der Waals surface area (Å²) >= 11 is 5.40. The van der Waals surface area contributed by atoms with Crippen molar-refractivity contribution in [3.8, 4) is 5.75 Å². The van der Waals surface area contributed by atoms with E-state index in [0.717, 1.165) is 29.7 Å². The minimum Gasteiger partial charge on any atom is -0.497 e. The molecule has 0 radical (unpaired) electrons. The Morgan fingerprint density at radius 1 is 1.14 bits per heavy atom. The molecular formula is C17H20BrNOS. The van der Waals surface area contributed by atoms with Crippen LogP contribution in [0.1, 0.15) is 18.9 Å². The van der Waals surface area contributed by atoms with Gasteiger partial charge in [0.1, 0.15) is 5.75 Å². The monoisotopic (exact) mass is 365 g/mol. The summed E-state index contributed by atoms with van der Waals surface area (Å²) in [5, 5.41) is 3.42. The molecule has 0 amide bonds. The zero-order valence-corrected chi connectivity index (χ0v) is 14.8. The smallest absolute Gasteiger partial charge is 0.119 e. The van der Waals surface area contributed by atoms with Gasteiger partial charge in [0.25, 0.3) is 0 Å².